The van der Waals surface area contributed by atoms with Crippen molar-refractivity contribution in [1.29, 1.82) is 0 Å². The van der Waals surface area contributed by atoms with Crippen molar-refractivity contribution in [3.63, 3.8) is 0 Å². The van der Waals surface area contributed by atoms with E-state index in [1.807, 2.05) is 6.92 Å². The lowest BCUT2D eigenvalue weighted by molar-refractivity contribution is 0.146. The number of ether oxygens (including phenoxy) is 1. The molecule has 0 rings (SSSR count). The normalized spacial score (nSPS) is 11.9. The second-order valence-electron chi connectivity index (χ2n) is 3.19. The van der Waals surface area contributed by atoms with Gasteiger partial charge in [-0.15, -0.1) is 0 Å². The van der Waals surface area contributed by atoms with Gasteiger partial charge in [0.1, 0.15) is 0 Å². The number of unbranched alkanes of at least 4 members (excludes halogenated alkanes) is 1. The Balaban J connectivity index is 3.47. The molecule has 0 fully saturated rings. The Morgan fingerprint density at radius 1 is 1.27 bits per heavy atom. The third kappa shape index (κ3) is 10.1. The summed E-state index contributed by atoms with van der Waals surface area (Å²) in [7, 11) is -3.16. The monoisotopic (exact) mass is 239 g/mol. The van der Waals surface area contributed by atoms with E-state index in [-0.39, 0.29) is 12.4 Å². The first-order chi connectivity index (χ1) is 7.12. The van der Waals surface area contributed by atoms with Crippen LogP contribution in [0.25, 0.3) is 0 Å². The van der Waals surface area contributed by atoms with Crippen molar-refractivity contribution in [3.8, 4) is 0 Å². The molecule has 0 saturated carbocycles. The van der Waals surface area contributed by atoms with E-state index in [1.54, 1.807) is 0 Å². The van der Waals surface area contributed by atoms with E-state index in [9.17, 15) is 8.42 Å². The third-order valence-electron chi connectivity index (χ3n) is 1.81. The number of sulfonamides is 1. The molecule has 92 valence electrons. The average Bonchev–Trinajstić information content (AvgIpc) is 2.17. The molecule has 15 heavy (non-hydrogen) atoms. The molecule has 0 aliphatic heterocycles. The number of aliphatic hydroxyl groups excluding tert-OH is 1. The highest BCUT2D eigenvalue weighted by Crippen LogP contribution is 1.94. The predicted molar refractivity (Wildman–Crippen MR) is 59.2 cm³/mol. The maximum absolute atomic E-state index is 11.3. The molecule has 0 unspecified atom stereocenters. The van der Waals surface area contributed by atoms with Gasteiger partial charge in [0.05, 0.1) is 5.75 Å². The van der Waals surface area contributed by atoms with E-state index in [4.69, 9.17) is 9.84 Å². The third-order valence-corrected chi connectivity index (χ3v) is 3.28. The first-order valence-electron chi connectivity index (χ1n) is 5.28. The number of rotatable bonds is 10. The first kappa shape index (κ1) is 14.8. The Morgan fingerprint density at radius 3 is 2.60 bits per heavy atom. The molecule has 0 spiro atoms. The maximum atomic E-state index is 11.3. The largest absolute Gasteiger partial charge is 0.396 e. The maximum Gasteiger partial charge on any atom is 0.211 e. The van der Waals surface area contributed by atoms with E-state index in [0.717, 1.165) is 0 Å². The van der Waals surface area contributed by atoms with Crippen molar-refractivity contribution in [2.75, 3.05) is 32.1 Å². The summed E-state index contributed by atoms with van der Waals surface area (Å²) in [6, 6.07) is 0. The zero-order valence-corrected chi connectivity index (χ0v) is 10.1. The number of nitrogens with one attached hydrogen (secondary N) is 1. The Labute approximate surface area is 91.9 Å². The van der Waals surface area contributed by atoms with Crippen molar-refractivity contribution < 1.29 is 18.3 Å². The van der Waals surface area contributed by atoms with Gasteiger partial charge < -0.3 is 9.84 Å². The molecular weight excluding hydrogens is 218 g/mol. The van der Waals surface area contributed by atoms with Crippen LogP contribution in [0.15, 0.2) is 0 Å². The van der Waals surface area contributed by atoms with Gasteiger partial charge in [-0.05, 0) is 26.2 Å². The molecule has 6 heteroatoms. The minimum absolute atomic E-state index is 0.0415. The lowest BCUT2D eigenvalue weighted by Crippen LogP contribution is -2.28. The molecule has 0 bridgehead atoms. The summed E-state index contributed by atoms with van der Waals surface area (Å²) in [6.07, 6.45) is 1.71. The second-order valence-corrected chi connectivity index (χ2v) is 5.12. The van der Waals surface area contributed by atoms with E-state index in [1.165, 1.54) is 0 Å². The Morgan fingerprint density at radius 2 is 2.00 bits per heavy atom. The Bertz CT molecular complexity index is 228. The van der Waals surface area contributed by atoms with Crippen LogP contribution in [-0.2, 0) is 14.8 Å². The number of hydrogen-bond donors (Lipinski definition) is 2. The minimum atomic E-state index is -3.16. The summed E-state index contributed by atoms with van der Waals surface area (Å²) in [4.78, 5) is 0. The minimum Gasteiger partial charge on any atom is -0.396 e. The van der Waals surface area contributed by atoms with Crippen molar-refractivity contribution in [2.24, 2.45) is 0 Å². The molecule has 0 amide bonds. The quantitative estimate of drug-likeness (QED) is 0.530. The molecule has 0 aliphatic carbocycles. The molecule has 0 aromatic carbocycles. The Hall–Kier alpha value is -0.170. The van der Waals surface area contributed by atoms with Crippen LogP contribution in [0.4, 0.5) is 0 Å². The van der Waals surface area contributed by atoms with Crippen LogP contribution in [0, 0.1) is 0 Å². The molecule has 0 radical (unpaired) electrons. The van der Waals surface area contributed by atoms with Gasteiger partial charge in [0.25, 0.3) is 0 Å². The van der Waals surface area contributed by atoms with Crippen molar-refractivity contribution in [1.82, 2.24) is 4.72 Å². The summed E-state index contributed by atoms with van der Waals surface area (Å²) < 4.78 is 30.2. The highest BCUT2D eigenvalue weighted by atomic mass is 32.2. The summed E-state index contributed by atoms with van der Waals surface area (Å²) in [5.41, 5.74) is 0. The zero-order valence-electron chi connectivity index (χ0n) is 9.24. The van der Waals surface area contributed by atoms with Gasteiger partial charge in [0.2, 0.25) is 10.0 Å². The molecule has 5 nitrogen and oxygen atoms in total. The van der Waals surface area contributed by atoms with Gasteiger partial charge in [-0.3, -0.25) is 0 Å². The van der Waals surface area contributed by atoms with E-state index < -0.39 is 10.0 Å². The van der Waals surface area contributed by atoms with Crippen LogP contribution >= 0.6 is 0 Å². The fraction of sp³-hybridized carbons (Fsp3) is 1.00. The van der Waals surface area contributed by atoms with Crippen LogP contribution in [0.3, 0.4) is 0 Å². The fourth-order valence-electron chi connectivity index (χ4n) is 1.02. The van der Waals surface area contributed by atoms with Crippen LogP contribution in [-0.4, -0.2) is 45.6 Å². The summed E-state index contributed by atoms with van der Waals surface area (Å²) in [6.45, 7) is 3.60. The van der Waals surface area contributed by atoms with E-state index in [2.05, 4.69) is 4.72 Å². The highest BCUT2D eigenvalue weighted by molar-refractivity contribution is 7.89. The lowest BCUT2D eigenvalue weighted by Gasteiger charge is -2.06. The summed E-state index contributed by atoms with van der Waals surface area (Å²) in [5.74, 6) is 0.0855. The van der Waals surface area contributed by atoms with Gasteiger partial charge in [-0.25, -0.2) is 13.1 Å². The van der Waals surface area contributed by atoms with Gasteiger partial charge in [0.15, 0.2) is 0 Å². The van der Waals surface area contributed by atoms with Gasteiger partial charge in [-0.1, -0.05) is 0 Å². The zero-order chi connectivity index (χ0) is 11.6. The average molecular weight is 239 g/mol. The second kappa shape index (κ2) is 9.08. The predicted octanol–water partition coefficient (Wildman–Crippen LogP) is 0.105. The molecule has 0 saturated heterocycles. The molecule has 2 N–H and O–H groups in total. The van der Waals surface area contributed by atoms with Gasteiger partial charge >= 0.3 is 0 Å². The number of hydrogen-bond acceptors (Lipinski definition) is 4. The van der Waals surface area contributed by atoms with Crippen LogP contribution in [0.5, 0.6) is 0 Å². The first-order valence-corrected chi connectivity index (χ1v) is 6.93. The molecule has 0 aromatic rings. The SMILES string of the molecule is CCOCCCNS(=O)(=O)CCCCO. The van der Waals surface area contributed by atoms with Crippen LogP contribution in [0.2, 0.25) is 0 Å². The molecular formula is C9H21NO4S. The summed E-state index contributed by atoms with van der Waals surface area (Å²) >= 11 is 0. The van der Waals surface area contributed by atoms with Crippen molar-refractivity contribution in [3.05, 3.63) is 0 Å². The van der Waals surface area contributed by atoms with E-state index in [0.29, 0.717) is 39.0 Å². The van der Waals surface area contributed by atoms with E-state index >= 15 is 0 Å². The molecule has 0 atom stereocenters. The number of aliphatic hydroxyl groups is 1. The Kier molecular flexibility index (Phi) is 8.98. The van der Waals surface area contributed by atoms with Crippen LogP contribution < -0.4 is 4.72 Å². The smallest absolute Gasteiger partial charge is 0.211 e. The molecule has 0 aliphatic rings. The standard InChI is InChI=1S/C9H21NO4S/c1-2-14-8-5-6-10-15(12,13)9-4-3-7-11/h10-11H,2-9H2,1H3. The van der Waals surface area contributed by atoms with Gasteiger partial charge in [-0.2, -0.15) is 0 Å². The van der Waals surface area contributed by atoms with Gasteiger partial charge in [0, 0.05) is 26.4 Å². The van der Waals surface area contributed by atoms with Crippen molar-refractivity contribution in [2.45, 2.75) is 26.2 Å². The van der Waals surface area contributed by atoms with Crippen LogP contribution in [0.1, 0.15) is 26.2 Å². The lowest BCUT2D eigenvalue weighted by atomic mass is 10.4. The molecule has 0 heterocycles. The fourth-order valence-corrected chi connectivity index (χ4v) is 2.21. The highest BCUT2D eigenvalue weighted by Gasteiger charge is 2.07. The van der Waals surface area contributed by atoms with Crippen molar-refractivity contribution >= 4 is 10.0 Å². The topological polar surface area (TPSA) is 75.6 Å². The molecule has 0 aromatic heterocycles. The summed E-state index contributed by atoms with van der Waals surface area (Å²) in [5, 5.41) is 8.50.